The number of nitriles is 1. The lowest BCUT2D eigenvalue weighted by Crippen LogP contribution is -2.48. The van der Waals surface area contributed by atoms with Gasteiger partial charge in [-0.3, -0.25) is 4.90 Å². The van der Waals surface area contributed by atoms with Gasteiger partial charge in [-0.15, -0.1) is 10.2 Å². The number of nitrogens with zero attached hydrogens (tertiary/aromatic N) is 6. The fourth-order valence-electron chi connectivity index (χ4n) is 4.01. The van der Waals surface area contributed by atoms with Crippen LogP contribution in [0, 0.1) is 18.3 Å². The van der Waals surface area contributed by atoms with E-state index >= 15 is 0 Å². The highest BCUT2D eigenvalue weighted by Gasteiger charge is 2.29. The molecule has 1 saturated heterocycles. The first kappa shape index (κ1) is 22.9. The second-order valence-electron chi connectivity index (χ2n) is 8.15. The maximum absolute atomic E-state index is 12.9. The number of hydrogen-bond acceptors (Lipinski definition) is 9. The molecule has 5 rings (SSSR count). The van der Waals surface area contributed by atoms with Crippen molar-refractivity contribution in [3.63, 3.8) is 0 Å². The highest BCUT2D eigenvalue weighted by atomic mass is 32.2. The summed E-state index contributed by atoms with van der Waals surface area (Å²) in [5, 5.41) is 21.5. The Labute approximate surface area is 202 Å². The molecule has 1 aliphatic heterocycles. The van der Waals surface area contributed by atoms with Crippen LogP contribution < -0.4 is 0 Å². The highest BCUT2D eigenvalue weighted by Crippen LogP contribution is 2.33. The summed E-state index contributed by atoms with van der Waals surface area (Å²) >= 11 is 0. The number of sulfonamides is 1. The van der Waals surface area contributed by atoms with E-state index in [-0.39, 0.29) is 4.90 Å². The molecule has 178 valence electrons. The predicted octanol–water partition coefficient (Wildman–Crippen LogP) is 3.08. The summed E-state index contributed by atoms with van der Waals surface area (Å²) < 4.78 is 38.7. The Hall–Kier alpha value is -3.85. The van der Waals surface area contributed by atoms with Crippen molar-refractivity contribution in [3.8, 4) is 28.8 Å². The van der Waals surface area contributed by atoms with E-state index in [4.69, 9.17) is 14.2 Å². The Morgan fingerprint density at radius 2 is 1.71 bits per heavy atom. The summed E-state index contributed by atoms with van der Waals surface area (Å²) in [7, 11) is -3.62. The van der Waals surface area contributed by atoms with Crippen LogP contribution in [-0.2, 0) is 16.6 Å². The van der Waals surface area contributed by atoms with Gasteiger partial charge in [-0.05, 0) is 31.2 Å². The van der Waals surface area contributed by atoms with E-state index in [1.807, 2.05) is 36.4 Å². The van der Waals surface area contributed by atoms with Crippen LogP contribution in [0.1, 0.15) is 17.2 Å². The minimum atomic E-state index is -3.62. The molecule has 0 bridgehead atoms. The maximum atomic E-state index is 12.9. The van der Waals surface area contributed by atoms with E-state index in [1.165, 1.54) is 28.6 Å². The molecule has 0 radical (unpaired) electrons. The first-order valence-corrected chi connectivity index (χ1v) is 12.5. The minimum absolute atomic E-state index is 0.185. The van der Waals surface area contributed by atoms with Gasteiger partial charge in [0.1, 0.15) is 17.0 Å². The Balaban J connectivity index is 1.25. The molecule has 3 heterocycles. The summed E-state index contributed by atoms with van der Waals surface area (Å²) in [6.07, 6.45) is 0. The zero-order valence-corrected chi connectivity index (χ0v) is 19.8. The Bertz CT molecular complexity index is 1460. The van der Waals surface area contributed by atoms with Crippen molar-refractivity contribution in [2.24, 2.45) is 0 Å². The lowest BCUT2D eigenvalue weighted by atomic mass is 10.1. The largest absolute Gasteiger partial charge is 0.419 e. The molecule has 10 nitrogen and oxygen atoms in total. The van der Waals surface area contributed by atoms with Gasteiger partial charge in [0.05, 0.1) is 23.1 Å². The van der Waals surface area contributed by atoms with Crippen molar-refractivity contribution in [3.05, 3.63) is 71.8 Å². The van der Waals surface area contributed by atoms with Crippen molar-refractivity contribution in [1.82, 2.24) is 24.6 Å². The van der Waals surface area contributed by atoms with Gasteiger partial charge >= 0.3 is 0 Å². The fraction of sp³-hybridized carbons (Fsp3) is 0.250. The molecule has 0 spiro atoms. The number of rotatable bonds is 6. The van der Waals surface area contributed by atoms with Gasteiger partial charge in [0.2, 0.25) is 15.9 Å². The summed E-state index contributed by atoms with van der Waals surface area (Å²) in [5.41, 5.74) is 2.61. The molecule has 0 saturated carbocycles. The molecule has 0 atom stereocenters. The minimum Gasteiger partial charge on any atom is -0.419 e. The summed E-state index contributed by atoms with van der Waals surface area (Å²) in [4.78, 5) is 2.26. The van der Waals surface area contributed by atoms with E-state index < -0.39 is 10.0 Å². The zero-order chi connectivity index (χ0) is 24.4. The highest BCUT2D eigenvalue weighted by molar-refractivity contribution is 7.89. The quantitative estimate of drug-likeness (QED) is 0.400. The standard InChI is InChI=1S/C24H22N6O4S/c1-17-22(23(28-34-17)19-5-3-2-4-6-19)24-27-26-21(33-24)16-29-11-13-30(14-12-29)35(31,32)20-9-7-18(15-25)8-10-20/h2-10H,11-14,16H2,1H3. The van der Waals surface area contributed by atoms with Crippen molar-refractivity contribution in [2.75, 3.05) is 26.2 Å². The molecule has 0 N–H and O–H groups in total. The molecular formula is C24H22N6O4S. The zero-order valence-electron chi connectivity index (χ0n) is 19.0. The monoisotopic (exact) mass is 490 g/mol. The van der Waals surface area contributed by atoms with Gasteiger partial charge < -0.3 is 8.94 Å². The second kappa shape index (κ2) is 9.42. The van der Waals surface area contributed by atoms with Crippen LogP contribution in [-0.4, -0.2) is 59.2 Å². The fourth-order valence-corrected chi connectivity index (χ4v) is 5.43. The number of piperazine rings is 1. The molecule has 0 amide bonds. The lowest BCUT2D eigenvalue weighted by Gasteiger charge is -2.33. The third-order valence-electron chi connectivity index (χ3n) is 5.90. The van der Waals surface area contributed by atoms with Gasteiger partial charge in [0.15, 0.2) is 0 Å². The Morgan fingerprint density at radius 3 is 2.40 bits per heavy atom. The predicted molar refractivity (Wildman–Crippen MR) is 125 cm³/mol. The van der Waals surface area contributed by atoms with E-state index in [0.29, 0.717) is 67.1 Å². The molecule has 35 heavy (non-hydrogen) atoms. The summed E-state index contributed by atoms with van der Waals surface area (Å²) in [6.45, 7) is 3.93. The van der Waals surface area contributed by atoms with E-state index in [9.17, 15) is 8.42 Å². The van der Waals surface area contributed by atoms with Gasteiger partial charge in [-0.2, -0.15) is 9.57 Å². The molecule has 0 unspecified atom stereocenters. The van der Waals surface area contributed by atoms with E-state index in [0.717, 1.165) is 5.56 Å². The maximum Gasteiger partial charge on any atom is 0.253 e. The van der Waals surface area contributed by atoms with Gasteiger partial charge in [-0.1, -0.05) is 35.5 Å². The van der Waals surface area contributed by atoms with Crippen LogP contribution in [0.4, 0.5) is 0 Å². The van der Waals surface area contributed by atoms with Crippen molar-refractivity contribution in [2.45, 2.75) is 18.4 Å². The molecule has 2 aromatic carbocycles. The first-order chi connectivity index (χ1) is 17.0. The lowest BCUT2D eigenvalue weighted by molar-refractivity contribution is 0.168. The number of benzene rings is 2. The third-order valence-corrected chi connectivity index (χ3v) is 7.81. The first-order valence-electron chi connectivity index (χ1n) is 11.0. The Kier molecular flexibility index (Phi) is 6.17. The van der Waals surface area contributed by atoms with Crippen molar-refractivity contribution >= 4 is 10.0 Å². The topological polar surface area (TPSA) is 129 Å². The Morgan fingerprint density at radius 1 is 1.00 bits per heavy atom. The van der Waals surface area contributed by atoms with Crippen LogP contribution in [0.5, 0.6) is 0 Å². The molecular weight excluding hydrogens is 468 g/mol. The SMILES string of the molecule is Cc1onc(-c2ccccc2)c1-c1nnc(CN2CCN(S(=O)(=O)c3ccc(C#N)cc3)CC2)o1. The second-order valence-corrected chi connectivity index (χ2v) is 10.1. The summed E-state index contributed by atoms with van der Waals surface area (Å²) in [5.74, 6) is 1.35. The number of hydrogen-bond donors (Lipinski definition) is 0. The molecule has 4 aromatic rings. The molecule has 1 fully saturated rings. The number of aryl methyl sites for hydroxylation is 1. The molecule has 11 heteroatoms. The average Bonchev–Trinajstić information content (AvgIpc) is 3.51. The average molecular weight is 491 g/mol. The van der Waals surface area contributed by atoms with Crippen LogP contribution >= 0.6 is 0 Å². The van der Waals surface area contributed by atoms with Gasteiger partial charge in [-0.25, -0.2) is 8.42 Å². The van der Waals surface area contributed by atoms with Crippen LogP contribution in [0.3, 0.4) is 0 Å². The van der Waals surface area contributed by atoms with E-state index in [2.05, 4.69) is 20.3 Å². The number of aromatic nitrogens is 3. The van der Waals surface area contributed by atoms with Gasteiger partial charge in [0, 0.05) is 31.7 Å². The van der Waals surface area contributed by atoms with Crippen LogP contribution in [0.2, 0.25) is 0 Å². The normalized spacial score (nSPS) is 15.2. The van der Waals surface area contributed by atoms with E-state index in [1.54, 1.807) is 6.92 Å². The molecule has 0 aliphatic carbocycles. The van der Waals surface area contributed by atoms with Gasteiger partial charge in [0.25, 0.3) is 5.89 Å². The van der Waals surface area contributed by atoms with Crippen molar-refractivity contribution < 1.29 is 17.4 Å². The smallest absolute Gasteiger partial charge is 0.253 e. The summed E-state index contributed by atoms with van der Waals surface area (Å²) in [6, 6.07) is 17.6. The third kappa shape index (κ3) is 4.59. The van der Waals surface area contributed by atoms with Crippen LogP contribution in [0.25, 0.3) is 22.7 Å². The molecule has 1 aliphatic rings. The molecule has 2 aromatic heterocycles. The van der Waals surface area contributed by atoms with Crippen LogP contribution in [0.15, 0.2) is 68.4 Å². The van der Waals surface area contributed by atoms with Crippen molar-refractivity contribution in [1.29, 1.82) is 5.26 Å².